The van der Waals surface area contributed by atoms with E-state index in [1.54, 1.807) is 7.11 Å². The Morgan fingerprint density at radius 1 is 1.00 bits per heavy atom. The molecule has 1 amide bonds. The molecular formula is C33H43F6N5O8. The normalized spacial score (nSPS) is 14.0. The summed E-state index contributed by atoms with van der Waals surface area (Å²) in [6.07, 6.45) is -3.31. The van der Waals surface area contributed by atoms with E-state index in [2.05, 4.69) is 25.2 Å². The molecule has 3 heterocycles. The summed E-state index contributed by atoms with van der Waals surface area (Å²) in [5, 5.41) is 18.5. The zero-order valence-electron chi connectivity index (χ0n) is 28.9. The number of Topliss-reactive ketones (excluding diaryl/α,β-unsaturated/α-hetero) is 1. The summed E-state index contributed by atoms with van der Waals surface area (Å²) >= 11 is 0. The minimum absolute atomic E-state index is 0.0471. The predicted molar refractivity (Wildman–Crippen MR) is 175 cm³/mol. The quantitative estimate of drug-likeness (QED) is 0.102. The van der Waals surface area contributed by atoms with Crippen molar-refractivity contribution in [3.05, 3.63) is 47.2 Å². The van der Waals surface area contributed by atoms with E-state index >= 15 is 0 Å². The summed E-state index contributed by atoms with van der Waals surface area (Å²) in [6.45, 7) is 7.99. The van der Waals surface area contributed by atoms with Gasteiger partial charge in [-0.05, 0) is 43.5 Å². The minimum Gasteiger partial charge on any atom is -0.497 e. The van der Waals surface area contributed by atoms with Gasteiger partial charge in [-0.3, -0.25) is 14.5 Å². The number of ether oxygens (including phenoxy) is 2. The number of carbonyl (C=O) groups excluding carboxylic acids is 2. The molecule has 1 aromatic carbocycles. The summed E-state index contributed by atoms with van der Waals surface area (Å²) in [5.41, 5.74) is 3.98. The van der Waals surface area contributed by atoms with Crippen LogP contribution in [-0.2, 0) is 36.9 Å². The monoisotopic (exact) mass is 751 g/mol. The number of carboxylic acid groups (broad SMARTS) is 2. The first-order chi connectivity index (χ1) is 24.3. The van der Waals surface area contributed by atoms with Crippen molar-refractivity contribution in [1.29, 1.82) is 0 Å². The van der Waals surface area contributed by atoms with Gasteiger partial charge >= 0.3 is 24.3 Å². The lowest BCUT2D eigenvalue weighted by molar-refractivity contribution is -0.193. The van der Waals surface area contributed by atoms with Gasteiger partial charge in [0.25, 0.3) is 0 Å². The zero-order chi connectivity index (χ0) is 39.1. The van der Waals surface area contributed by atoms with Crippen molar-refractivity contribution in [2.24, 2.45) is 0 Å². The lowest BCUT2D eigenvalue weighted by Gasteiger charge is -2.25. The average Bonchev–Trinajstić information content (AvgIpc) is 3.67. The van der Waals surface area contributed by atoms with Gasteiger partial charge in [-0.25, -0.2) is 14.6 Å². The molecule has 3 aromatic rings. The number of H-pyrrole nitrogens is 2. The highest BCUT2D eigenvalue weighted by Crippen LogP contribution is 2.27. The summed E-state index contributed by atoms with van der Waals surface area (Å²) in [4.78, 5) is 56.6. The first-order valence-corrected chi connectivity index (χ1v) is 16.3. The SMILES string of the molecule is CCC(=O)CCCCCC(NC(=O)Cc1c(C)[nH]c2ccc(OC)cc12)c1ncc(CN2CCOCC2)[nH]1.O=C(O)C(F)(F)F.O=C(O)C(F)(F)F. The number of carboxylic acids is 2. The molecule has 4 rings (SSSR count). The molecule has 1 unspecified atom stereocenters. The van der Waals surface area contributed by atoms with Crippen molar-refractivity contribution >= 4 is 34.5 Å². The van der Waals surface area contributed by atoms with Crippen LogP contribution in [0.3, 0.4) is 0 Å². The number of nitrogens with one attached hydrogen (secondary N) is 3. The van der Waals surface area contributed by atoms with E-state index in [1.807, 2.05) is 38.2 Å². The first kappa shape index (κ1) is 43.5. The first-order valence-electron chi connectivity index (χ1n) is 16.3. The van der Waals surface area contributed by atoms with Crippen LogP contribution in [-0.4, -0.2) is 99.5 Å². The highest BCUT2D eigenvalue weighted by molar-refractivity contribution is 5.91. The van der Waals surface area contributed by atoms with Crippen LogP contribution < -0.4 is 10.1 Å². The molecule has 13 nitrogen and oxygen atoms in total. The number of carbonyl (C=O) groups is 4. The molecule has 0 spiro atoms. The second-order valence-electron chi connectivity index (χ2n) is 11.7. The van der Waals surface area contributed by atoms with Crippen molar-refractivity contribution in [2.75, 3.05) is 33.4 Å². The molecule has 0 saturated carbocycles. The van der Waals surface area contributed by atoms with E-state index in [9.17, 15) is 35.9 Å². The van der Waals surface area contributed by atoms with Crippen LogP contribution in [0.15, 0.2) is 24.4 Å². The van der Waals surface area contributed by atoms with E-state index in [4.69, 9.17) is 29.3 Å². The Morgan fingerprint density at radius 3 is 2.17 bits per heavy atom. The molecule has 0 radical (unpaired) electrons. The summed E-state index contributed by atoms with van der Waals surface area (Å²) in [5.74, 6) is -3.71. The molecule has 52 heavy (non-hydrogen) atoms. The van der Waals surface area contributed by atoms with E-state index in [0.717, 1.165) is 98.0 Å². The van der Waals surface area contributed by atoms with E-state index in [0.29, 0.717) is 18.6 Å². The Balaban J connectivity index is 0.000000564. The number of alkyl halides is 6. The number of methoxy groups -OCH3 is 1. The standard InChI is InChI=1S/C29H41N5O4.2C2HF3O2/c1-4-22(35)8-6-5-7-9-27(29-30-18-21(32-29)19-34-12-14-38-15-13-34)33-28(36)17-24-20(2)31-26-11-10-23(37-3)16-25(24)26;2*3-2(4,5)1(6)7/h10-11,16,18,27,31H,4-9,12-15,17,19H2,1-3H3,(H,30,32)(H,33,36);2*(H,6,7). The number of aromatic amines is 2. The minimum atomic E-state index is -5.08. The van der Waals surface area contributed by atoms with Crippen LogP contribution in [0.2, 0.25) is 0 Å². The number of fused-ring (bicyclic) bond motifs is 1. The van der Waals surface area contributed by atoms with Gasteiger partial charge in [0.2, 0.25) is 5.91 Å². The molecule has 290 valence electrons. The van der Waals surface area contributed by atoms with E-state index in [-0.39, 0.29) is 18.4 Å². The second-order valence-corrected chi connectivity index (χ2v) is 11.7. The number of morpholine rings is 1. The lowest BCUT2D eigenvalue weighted by Crippen LogP contribution is -2.35. The molecular weight excluding hydrogens is 708 g/mol. The fraction of sp³-hybridized carbons (Fsp3) is 0.545. The topological polar surface area (TPSA) is 187 Å². The van der Waals surface area contributed by atoms with Crippen LogP contribution in [0, 0.1) is 6.92 Å². The number of amides is 1. The Kier molecular flexibility index (Phi) is 17.1. The maximum Gasteiger partial charge on any atom is 0.490 e. The van der Waals surface area contributed by atoms with Crippen LogP contribution in [0.25, 0.3) is 10.9 Å². The largest absolute Gasteiger partial charge is 0.497 e. The van der Waals surface area contributed by atoms with E-state index < -0.39 is 24.3 Å². The van der Waals surface area contributed by atoms with Gasteiger partial charge in [-0.15, -0.1) is 0 Å². The van der Waals surface area contributed by atoms with Gasteiger partial charge in [0.1, 0.15) is 17.4 Å². The maximum absolute atomic E-state index is 13.3. The zero-order valence-corrected chi connectivity index (χ0v) is 28.9. The molecule has 0 bridgehead atoms. The molecule has 1 aliphatic rings. The molecule has 1 atom stereocenters. The highest BCUT2D eigenvalue weighted by Gasteiger charge is 2.39. The van der Waals surface area contributed by atoms with Crippen molar-refractivity contribution in [1.82, 2.24) is 25.2 Å². The summed E-state index contributed by atoms with van der Waals surface area (Å²) in [7, 11) is 1.65. The third-order valence-electron chi connectivity index (χ3n) is 7.80. The Bertz CT molecular complexity index is 1590. The van der Waals surface area contributed by atoms with Crippen LogP contribution in [0.4, 0.5) is 26.3 Å². The number of unbranched alkanes of at least 4 members (excludes halogenated alkanes) is 2. The van der Waals surface area contributed by atoms with Crippen molar-refractivity contribution < 1.29 is 65.2 Å². The van der Waals surface area contributed by atoms with Gasteiger partial charge in [-0.2, -0.15) is 26.3 Å². The fourth-order valence-corrected chi connectivity index (χ4v) is 5.06. The second kappa shape index (κ2) is 20.4. The number of hydrogen-bond donors (Lipinski definition) is 5. The Morgan fingerprint density at radius 2 is 1.62 bits per heavy atom. The molecule has 1 aliphatic heterocycles. The number of benzene rings is 1. The van der Waals surface area contributed by atoms with Gasteiger partial charge < -0.3 is 35.0 Å². The van der Waals surface area contributed by atoms with Crippen LogP contribution >= 0.6 is 0 Å². The summed E-state index contributed by atoms with van der Waals surface area (Å²) < 4.78 is 74.3. The molecule has 2 aromatic heterocycles. The average molecular weight is 752 g/mol. The molecule has 1 fully saturated rings. The smallest absolute Gasteiger partial charge is 0.490 e. The third kappa shape index (κ3) is 14.9. The number of halogens is 6. The number of nitrogens with zero attached hydrogens (tertiary/aromatic N) is 2. The summed E-state index contributed by atoms with van der Waals surface area (Å²) in [6, 6.07) is 5.65. The molecule has 0 aliphatic carbocycles. The van der Waals surface area contributed by atoms with Crippen LogP contribution in [0.1, 0.15) is 74.3 Å². The molecule has 1 saturated heterocycles. The number of aliphatic carboxylic acids is 2. The number of aryl methyl sites for hydroxylation is 1. The fourth-order valence-electron chi connectivity index (χ4n) is 5.06. The van der Waals surface area contributed by atoms with E-state index in [1.165, 1.54) is 0 Å². The van der Waals surface area contributed by atoms with Gasteiger partial charge in [0.15, 0.2) is 0 Å². The number of hydrogen-bond acceptors (Lipinski definition) is 8. The Hall–Kier alpha value is -4.65. The number of imidazole rings is 1. The Labute approximate surface area is 295 Å². The lowest BCUT2D eigenvalue weighted by atomic mass is 10.0. The highest BCUT2D eigenvalue weighted by atomic mass is 19.4. The van der Waals surface area contributed by atoms with Crippen LogP contribution in [0.5, 0.6) is 5.75 Å². The van der Waals surface area contributed by atoms with Gasteiger partial charge in [-0.1, -0.05) is 19.8 Å². The molecule has 19 heteroatoms. The number of rotatable bonds is 14. The van der Waals surface area contributed by atoms with Gasteiger partial charge in [0.05, 0.1) is 32.8 Å². The predicted octanol–water partition coefficient (Wildman–Crippen LogP) is 5.64. The van der Waals surface area contributed by atoms with Gasteiger partial charge in [0, 0.05) is 61.0 Å². The third-order valence-corrected chi connectivity index (χ3v) is 7.80. The van der Waals surface area contributed by atoms with Crippen molar-refractivity contribution in [3.8, 4) is 5.75 Å². The maximum atomic E-state index is 13.3. The van der Waals surface area contributed by atoms with Crippen molar-refractivity contribution in [2.45, 2.75) is 83.7 Å². The molecule has 5 N–H and O–H groups in total. The van der Waals surface area contributed by atoms with Crippen molar-refractivity contribution in [3.63, 3.8) is 0 Å². The number of ketones is 1. The number of aromatic nitrogens is 3.